The number of methoxy groups -OCH3 is 1. The molecule has 1 fully saturated rings. The van der Waals surface area contributed by atoms with Crippen molar-refractivity contribution in [2.75, 3.05) is 34.3 Å². The minimum atomic E-state index is -3.43. The highest BCUT2D eigenvalue weighted by Crippen LogP contribution is 2.24. The number of rotatable bonds is 5. The predicted molar refractivity (Wildman–Crippen MR) is 115 cm³/mol. The molecule has 0 saturated carbocycles. The number of ether oxygens (including phenoxy) is 1. The van der Waals surface area contributed by atoms with E-state index in [0.717, 1.165) is 12.1 Å². The van der Waals surface area contributed by atoms with E-state index in [2.05, 4.69) is 15.0 Å². The van der Waals surface area contributed by atoms with Gasteiger partial charge in [-0.05, 0) is 30.7 Å². The molecule has 1 saturated heterocycles. The number of carbonyl (C=O) groups excluding carboxylic acids is 1. The average molecular weight is 510 g/mol. The Balaban J connectivity index is 0.00000364. The first kappa shape index (κ1) is 23.6. The van der Waals surface area contributed by atoms with Crippen LogP contribution in [0.1, 0.15) is 12.5 Å². The first-order valence-electron chi connectivity index (χ1n) is 8.38. The number of hydrogen-bond donors (Lipinski definition) is 2. The lowest BCUT2D eigenvalue weighted by Crippen LogP contribution is -2.40. The summed E-state index contributed by atoms with van der Waals surface area (Å²) in [6.07, 6.45) is 0. The number of benzene rings is 1. The molecule has 2 rings (SSSR count). The van der Waals surface area contributed by atoms with Gasteiger partial charge in [-0.3, -0.25) is 9.79 Å². The Bertz CT molecular complexity index is 768. The summed E-state index contributed by atoms with van der Waals surface area (Å²) in [7, 11) is 1.05. The van der Waals surface area contributed by atoms with Crippen LogP contribution in [-0.4, -0.2) is 59.5 Å². The maximum absolute atomic E-state index is 11.8. The normalized spacial score (nSPS) is 20.1. The van der Waals surface area contributed by atoms with Gasteiger partial charge in [-0.1, -0.05) is 19.1 Å². The topological polar surface area (TPSA) is 100 Å². The number of likely N-dealkylation sites (tertiary alicyclic amines) is 1. The third kappa shape index (κ3) is 5.79. The van der Waals surface area contributed by atoms with Crippen LogP contribution in [0.25, 0.3) is 0 Å². The van der Waals surface area contributed by atoms with Gasteiger partial charge in [0.2, 0.25) is 10.0 Å². The van der Waals surface area contributed by atoms with Crippen molar-refractivity contribution in [2.45, 2.75) is 18.4 Å². The Morgan fingerprint density at radius 2 is 1.93 bits per heavy atom. The second-order valence-corrected chi connectivity index (χ2v) is 8.15. The van der Waals surface area contributed by atoms with Gasteiger partial charge in [0.1, 0.15) is 0 Å². The van der Waals surface area contributed by atoms with Crippen molar-refractivity contribution in [1.82, 2.24) is 14.9 Å². The van der Waals surface area contributed by atoms with E-state index in [1.54, 1.807) is 31.3 Å². The van der Waals surface area contributed by atoms with Crippen molar-refractivity contribution >= 4 is 45.9 Å². The van der Waals surface area contributed by atoms with Gasteiger partial charge in [0.25, 0.3) is 0 Å². The third-order valence-electron chi connectivity index (χ3n) is 4.58. The summed E-state index contributed by atoms with van der Waals surface area (Å²) < 4.78 is 30.7. The molecule has 8 nitrogen and oxygen atoms in total. The molecule has 1 aliphatic heterocycles. The van der Waals surface area contributed by atoms with Crippen molar-refractivity contribution in [3.8, 4) is 0 Å². The monoisotopic (exact) mass is 510 g/mol. The van der Waals surface area contributed by atoms with Crippen LogP contribution in [0.4, 0.5) is 0 Å². The van der Waals surface area contributed by atoms with Crippen molar-refractivity contribution in [3.63, 3.8) is 0 Å². The molecule has 0 spiro atoms. The summed E-state index contributed by atoms with van der Waals surface area (Å²) in [5.74, 6) is 0.531. The standard InChI is InChI=1S/C17H26N4O4S.HI/c1-12-10-21(11-15(12)16(22)25-4)17(18-2)20-9-13-5-7-14(8-6-13)26(23,24)19-3;/h5-8,12,15,19H,9-11H2,1-4H3,(H,18,20);1H. The third-order valence-corrected chi connectivity index (χ3v) is 6.01. The number of esters is 1. The van der Waals surface area contributed by atoms with Gasteiger partial charge >= 0.3 is 5.97 Å². The van der Waals surface area contributed by atoms with Gasteiger partial charge in [0.05, 0.1) is 17.9 Å². The summed E-state index contributed by atoms with van der Waals surface area (Å²) in [4.78, 5) is 18.4. The van der Waals surface area contributed by atoms with Gasteiger partial charge in [0.15, 0.2) is 5.96 Å². The fraction of sp³-hybridized carbons (Fsp3) is 0.529. The number of aliphatic imine (C=N–C) groups is 1. The summed E-state index contributed by atoms with van der Waals surface area (Å²) in [6.45, 7) is 3.81. The Kier molecular flexibility index (Phi) is 8.95. The van der Waals surface area contributed by atoms with Crippen LogP contribution in [0.3, 0.4) is 0 Å². The number of hydrogen-bond acceptors (Lipinski definition) is 5. The van der Waals surface area contributed by atoms with E-state index in [0.29, 0.717) is 19.0 Å². The van der Waals surface area contributed by atoms with Crippen molar-refractivity contribution in [3.05, 3.63) is 29.8 Å². The molecule has 0 aromatic heterocycles. The molecule has 2 atom stereocenters. The summed E-state index contributed by atoms with van der Waals surface area (Å²) in [6, 6.07) is 6.65. The minimum Gasteiger partial charge on any atom is -0.469 e. The molecule has 2 unspecified atom stereocenters. The molecule has 1 aromatic rings. The van der Waals surface area contributed by atoms with Crippen LogP contribution in [0.2, 0.25) is 0 Å². The van der Waals surface area contributed by atoms with Crippen molar-refractivity contribution < 1.29 is 17.9 Å². The number of nitrogens with zero attached hydrogens (tertiary/aromatic N) is 2. The highest BCUT2D eigenvalue weighted by molar-refractivity contribution is 14.0. The maximum atomic E-state index is 11.8. The van der Waals surface area contributed by atoms with E-state index < -0.39 is 10.0 Å². The van der Waals surface area contributed by atoms with E-state index in [9.17, 15) is 13.2 Å². The zero-order valence-corrected chi connectivity index (χ0v) is 19.1. The molecule has 2 N–H and O–H groups in total. The van der Waals surface area contributed by atoms with Crippen LogP contribution in [0.5, 0.6) is 0 Å². The molecule has 0 radical (unpaired) electrons. The zero-order valence-electron chi connectivity index (χ0n) is 15.9. The summed E-state index contributed by atoms with van der Waals surface area (Å²) in [5.41, 5.74) is 0.929. The summed E-state index contributed by atoms with van der Waals surface area (Å²) in [5, 5.41) is 3.26. The Morgan fingerprint density at radius 3 is 2.44 bits per heavy atom. The SMILES string of the molecule is CN=C(NCc1ccc(S(=O)(=O)NC)cc1)N1CC(C)C(C(=O)OC)C1.I. The number of nitrogens with one attached hydrogen (secondary N) is 2. The first-order chi connectivity index (χ1) is 12.3. The van der Waals surface area contributed by atoms with Gasteiger partial charge in [-0.2, -0.15) is 0 Å². The molecular weight excluding hydrogens is 483 g/mol. The fourth-order valence-electron chi connectivity index (χ4n) is 3.02. The highest BCUT2D eigenvalue weighted by Gasteiger charge is 2.36. The highest BCUT2D eigenvalue weighted by atomic mass is 127. The van der Waals surface area contributed by atoms with Crippen LogP contribution in [-0.2, 0) is 26.1 Å². The minimum absolute atomic E-state index is 0. The number of halogens is 1. The lowest BCUT2D eigenvalue weighted by atomic mass is 9.99. The Morgan fingerprint density at radius 1 is 1.30 bits per heavy atom. The second kappa shape index (κ2) is 10.2. The lowest BCUT2D eigenvalue weighted by molar-refractivity contribution is -0.145. The predicted octanol–water partition coefficient (Wildman–Crippen LogP) is 1.03. The van der Waals surface area contributed by atoms with E-state index in [4.69, 9.17) is 4.74 Å². The molecule has 0 amide bonds. The number of carbonyl (C=O) groups is 1. The molecule has 1 heterocycles. The smallest absolute Gasteiger partial charge is 0.310 e. The molecule has 27 heavy (non-hydrogen) atoms. The second-order valence-electron chi connectivity index (χ2n) is 6.26. The van der Waals surface area contributed by atoms with Crippen molar-refractivity contribution in [1.29, 1.82) is 0 Å². The van der Waals surface area contributed by atoms with Crippen molar-refractivity contribution in [2.24, 2.45) is 16.8 Å². The lowest BCUT2D eigenvalue weighted by Gasteiger charge is -2.21. The van der Waals surface area contributed by atoms with Gasteiger partial charge in [-0.25, -0.2) is 13.1 Å². The quantitative estimate of drug-likeness (QED) is 0.266. The zero-order chi connectivity index (χ0) is 19.3. The van der Waals surface area contributed by atoms with Gasteiger partial charge in [0, 0.05) is 26.7 Å². The first-order valence-corrected chi connectivity index (χ1v) is 9.86. The maximum Gasteiger partial charge on any atom is 0.310 e. The Hall–Kier alpha value is -1.40. The van der Waals surface area contributed by atoms with Gasteiger partial charge in [-0.15, -0.1) is 24.0 Å². The van der Waals surface area contributed by atoms with E-state index in [1.807, 2.05) is 11.8 Å². The number of guanidine groups is 1. The number of sulfonamides is 1. The average Bonchev–Trinajstić information content (AvgIpc) is 3.03. The fourth-order valence-corrected chi connectivity index (χ4v) is 3.75. The molecular formula is C17H27IN4O4S. The van der Waals surface area contributed by atoms with Crippen LogP contribution >= 0.6 is 24.0 Å². The molecule has 0 aliphatic carbocycles. The molecule has 152 valence electrons. The van der Waals surface area contributed by atoms with Gasteiger partial charge < -0.3 is 15.0 Å². The molecule has 1 aliphatic rings. The molecule has 10 heteroatoms. The summed E-state index contributed by atoms with van der Waals surface area (Å²) >= 11 is 0. The Labute approximate surface area is 177 Å². The largest absolute Gasteiger partial charge is 0.469 e. The molecule has 0 bridgehead atoms. The van der Waals surface area contributed by atoms with Crippen LogP contribution < -0.4 is 10.0 Å². The van der Waals surface area contributed by atoms with E-state index in [1.165, 1.54) is 14.2 Å². The van der Waals surface area contributed by atoms with Crippen LogP contribution in [0.15, 0.2) is 34.2 Å². The van der Waals surface area contributed by atoms with E-state index >= 15 is 0 Å². The molecule has 1 aromatic carbocycles. The van der Waals surface area contributed by atoms with Crippen LogP contribution in [0, 0.1) is 11.8 Å². The van der Waals surface area contributed by atoms with E-state index in [-0.39, 0.29) is 46.7 Å².